The summed E-state index contributed by atoms with van der Waals surface area (Å²) < 4.78 is 67.9. The number of piperidine rings is 1. The number of carbonyl (C=O) groups is 1. The lowest BCUT2D eigenvalue weighted by molar-refractivity contribution is -0.158. The van der Waals surface area contributed by atoms with Gasteiger partial charge in [-0.3, -0.25) is 9.48 Å². The van der Waals surface area contributed by atoms with E-state index in [2.05, 4.69) is 10.3 Å². The van der Waals surface area contributed by atoms with Gasteiger partial charge in [0.15, 0.2) is 0 Å². The van der Waals surface area contributed by atoms with E-state index in [1.807, 2.05) is 32.0 Å². The Bertz CT molecular complexity index is 1820. The number of nitrogens with zero attached hydrogens (tertiary/aromatic N) is 5. The number of benzene rings is 2. The Balaban J connectivity index is 1.33. The average Bonchev–Trinajstić information content (AvgIpc) is 3.41. The summed E-state index contributed by atoms with van der Waals surface area (Å²) in [4.78, 5) is 12.6. The maximum absolute atomic E-state index is 13.7. The first-order valence-electron chi connectivity index (χ1n) is 15.6. The van der Waals surface area contributed by atoms with Crippen molar-refractivity contribution in [3.8, 4) is 5.75 Å². The Morgan fingerprint density at radius 3 is 2.55 bits per heavy atom. The molecule has 0 aliphatic carbocycles. The van der Waals surface area contributed by atoms with Gasteiger partial charge in [0.05, 0.1) is 37.1 Å². The van der Waals surface area contributed by atoms with Crippen LogP contribution in [0.3, 0.4) is 0 Å². The number of aryl methyl sites for hydroxylation is 1. The first-order chi connectivity index (χ1) is 22.1. The quantitative estimate of drug-likeness (QED) is 0.315. The number of carboxylic acids is 1. The molecule has 1 fully saturated rings. The van der Waals surface area contributed by atoms with Crippen LogP contribution in [0.4, 0.5) is 0 Å². The maximum atomic E-state index is 13.7. The number of carboxylic acid groups (broad SMARTS) is 1. The highest BCUT2D eigenvalue weighted by Crippen LogP contribution is 2.39. The molecule has 2 aliphatic heterocycles. The second kappa shape index (κ2) is 13.6. The molecule has 0 bridgehead atoms. The zero-order valence-electron chi connectivity index (χ0n) is 27.4. The van der Waals surface area contributed by atoms with Crippen molar-refractivity contribution in [2.45, 2.75) is 77.3 Å². The number of rotatable bonds is 11. The predicted molar refractivity (Wildman–Crippen MR) is 173 cm³/mol. The van der Waals surface area contributed by atoms with Crippen LogP contribution in [0.15, 0.2) is 53.6 Å². The second-order valence-corrected chi connectivity index (χ2v) is 17.0. The minimum absolute atomic E-state index is 0.00323. The number of fused-ring (bicyclic) bond motifs is 1. The van der Waals surface area contributed by atoms with E-state index < -0.39 is 37.5 Å². The maximum Gasteiger partial charge on any atom is 0.312 e. The van der Waals surface area contributed by atoms with E-state index in [9.17, 15) is 26.7 Å². The van der Waals surface area contributed by atoms with E-state index in [0.29, 0.717) is 36.6 Å². The molecule has 47 heavy (non-hydrogen) atoms. The molecule has 2 aliphatic rings. The molecule has 13 nitrogen and oxygen atoms in total. The normalized spacial score (nSPS) is 20.2. The van der Waals surface area contributed by atoms with E-state index in [-0.39, 0.29) is 36.6 Å². The molecule has 1 N–H and O–H groups in total. The van der Waals surface area contributed by atoms with Crippen molar-refractivity contribution >= 4 is 26.0 Å². The fraction of sp³-hybridized carbons (Fsp3) is 0.531. The van der Waals surface area contributed by atoms with Crippen LogP contribution in [0.5, 0.6) is 5.75 Å². The molecule has 2 atom stereocenters. The van der Waals surface area contributed by atoms with Crippen LogP contribution in [0.25, 0.3) is 0 Å². The Labute approximate surface area is 276 Å². The van der Waals surface area contributed by atoms with Gasteiger partial charge in [0, 0.05) is 26.2 Å². The summed E-state index contributed by atoms with van der Waals surface area (Å²) in [6, 6.07) is 12.1. The van der Waals surface area contributed by atoms with Gasteiger partial charge in [-0.05, 0) is 75.3 Å². The molecule has 1 aromatic heterocycles. The van der Waals surface area contributed by atoms with Crippen molar-refractivity contribution in [1.82, 2.24) is 23.6 Å². The van der Waals surface area contributed by atoms with Gasteiger partial charge in [0.1, 0.15) is 22.4 Å². The molecule has 15 heteroatoms. The molecule has 1 saturated heterocycles. The Kier molecular flexibility index (Phi) is 10.1. The van der Waals surface area contributed by atoms with Crippen LogP contribution in [0, 0.1) is 18.3 Å². The van der Waals surface area contributed by atoms with E-state index in [1.165, 1.54) is 20.9 Å². The molecule has 2 aromatic carbocycles. The van der Waals surface area contributed by atoms with Crippen LogP contribution in [-0.2, 0) is 49.3 Å². The standard InChI is InChI=1S/C32H43N5O8S2/c1-22-10-11-25(16-26(22)19-37-17-23(2)45-28-8-6-7-9-29(28)47(37,42)43)30(32(3,4)31(38)39)44-21-27-20-35(34-33-27)18-24-12-14-36(15-13-24)46(5,40)41/h6-11,16,20,23-24,30H,12-15,17-19,21H2,1-5H3,(H,38,39)/t23-,30?/m1/s1. The van der Waals surface area contributed by atoms with Crippen LogP contribution >= 0.6 is 0 Å². The highest BCUT2D eigenvalue weighted by atomic mass is 32.2. The second-order valence-electron chi connectivity index (χ2n) is 13.1. The minimum Gasteiger partial charge on any atom is -0.488 e. The summed E-state index contributed by atoms with van der Waals surface area (Å²) in [5, 5.41) is 18.6. The van der Waals surface area contributed by atoms with Crippen LogP contribution < -0.4 is 4.74 Å². The fourth-order valence-electron chi connectivity index (χ4n) is 6.09. The number of hydrogen-bond acceptors (Lipinski definition) is 9. The predicted octanol–water partition coefficient (Wildman–Crippen LogP) is 3.60. The van der Waals surface area contributed by atoms with E-state index in [4.69, 9.17) is 9.47 Å². The summed E-state index contributed by atoms with van der Waals surface area (Å²) in [5.41, 5.74) is 1.36. The molecule has 0 spiro atoms. The van der Waals surface area contributed by atoms with Crippen LogP contribution in [-0.4, -0.2) is 83.5 Å². The summed E-state index contributed by atoms with van der Waals surface area (Å²) >= 11 is 0. The Morgan fingerprint density at radius 1 is 1.17 bits per heavy atom. The number of para-hydroxylation sites is 1. The van der Waals surface area contributed by atoms with E-state index in [0.717, 1.165) is 24.0 Å². The number of aromatic nitrogens is 3. The third-order valence-electron chi connectivity index (χ3n) is 8.96. The fourth-order valence-corrected chi connectivity index (χ4v) is 8.58. The number of hydrogen-bond donors (Lipinski definition) is 1. The minimum atomic E-state index is -3.87. The average molecular weight is 690 g/mol. The van der Waals surface area contributed by atoms with Crippen LogP contribution in [0.1, 0.15) is 62.1 Å². The molecule has 1 unspecified atom stereocenters. The van der Waals surface area contributed by atoms with Crippen molar-refractivity contribution in [1.29, 1.82) is 0 Å². The lowest BCUT2D eigenvalue weighted by Crippen LogP contribution is -2.38. The number of ether oxygens (including phenoxy) is 2. The van der Waals surface area contributed by atoms with Gasteiger partial charge in [-0.2, -0.15) is 4.31 Å². The largest absolute Gasteiger partial charge is 0.488 e. The molecule has 3 aromatic rings. The smallest absolute Gasteiger partial charge is 0.312 e. The molecule has 0 amide bonds. The summed E-state index contributed by atoms with van der Waals surface area (Å²) in [5.74, 6) is -0.477. The lowest BCUT2D eigenvalue weighted by atomic mass is 9.81. The van der Waals surface area contributed by atoms with Gasteiger partial charge in [0.25, 0.3) is 0 Å². The summed E-state index contributed by atoms with van der Waals surface area (Å²) in [6.07, 6.45) is 3.16. The van der Waals surface area contributed by atoms with E-state index in [1.54, 1.807) is 42.9 Å². The Hall–Kier alpha value is -3.37. The molecule has 0 saturated carbocycles. The molecule has 256 valence electrons. The van der Waals surface area contributed by atoms with Crippen molar-refractivity contribution in [2.24, 2.45) is 11.3 Å². The monoisotopic (exact) mass is 689 g/mol. The zero-order chi connectivity index (χ0) is 34.1. The summed E-state index contributed by atoms with van der Waals surface area (Å²) in [6.45, 7) is 8.65. The number of sulfonamides is 2. The van der Waals surface area contributed by atoms with Crippen molar-refractivity contribution in [3.05, 3.63) is 71.0 Å². The molecule has 5 rings (SSSR count). The third kappa shape index (κ3) is 7.86. The first-order valence-corrected chi connectivity index (χ1v) is 18.9. The van der Waals surface area contributed by atoms with Crippen molar-refractivity contribution in [2.75, 3.05) is 25.9 Å². The van der Waals surface area contributed by atoms with Crippen molar-refractivity contribution < 1.29 is 36.2 Å². The van der Waals surface area contributed by atoms with Crippen LogP contribution in [0.2, 0.25) is 0 Å². The summed E-state index contributed by atoms with van der Waals surface area (Å²) in [7, 11) is -7.07. The third-order valence-corrected chi connectivity index (χ3v) is 12.1. The topological polar surface area (TPSA) is 161 Å². The van der Waals surface area contributed by atoms with Gasteiger partial charge in [0.2, 0.25) is 20.0 Å². The van der Waals surface area contributed by atoms with Crippen molar-refractivity contribution in [3.63, 3.8) is 0 Å². The highest BCUT2D eigenvalue weighted by Gasteiger charge is 2.40. The molecule has 3 heterocycles. The van der Waals surface area contributed by atoms with Gasteiger partial charge in [-0.15, -0.1) is 5.10 Å². The molecule has 0 radical (unpaired) electrons. The Morgan fingerprint density at radius 2 is 1.87 bits per heavy atom. The SMILES string of the molecule is Cc1ccc(C(OCc2cn(CC3CCN(S(C)(=O)=O)CC3)nn2)C(C)(C)C(=O)O)cc1CN1C[C@@H](C)Oc2ccccc2S1(=O)=O. The van der Waals surface area contributed by atoms with Gasteiger partial charge < -0.3 is 14.6 Å². The van der Waals surface area contributed by atoms with Gasteiger partial charge >= 0.3 is 5.97 Å². The van der Waals surface area contributed by atoms with Gasteiger partial charge in [-0.25, -0.2) is 21.1 Å². The molecular weight excluding hydrogens is 647 g/mol. The van der Waals surface area contributed by atoms with E-state index >= 15 is 0 Å². The zero-order valence-corrected chi connectivity index (χ0v) is 29.0. The highest BCUT2D eigenvalue weighted by molar-refractivity contribution is 7.89. The number of aliphatic carboxylic acids is 1. The first kappa shape index (κ1) is 35.0. The molecular formula is C32H43N5O8S2. The lowest BCUT2D eigenvalue weighted by Gasteiger charge is -2.31. The van der Waals surface area contributed by atoms with Gasteiger partial charge in [-0.1, -0.05) is 35.5 Å².